The first-order valence-electron chi connectivity index (χ1n) is 9.29. The molecule has 0 aliphatic carbocycles. The minimum Gasteiger partial charge on any atom is -0.456 e. The van der Waals surface area contributed by atoms with Crippen LogP contribution in [0.15, 0.2) is 46.0 Å². The number of benzene rings is 1. The number of carbonyl (C=O) groups is 1. The van der Waals surface area contributed by atoms with Crippen LogP contribution < -0.4 is 0 Å². The highest BCUT2D eigenvalue weighted by Crippen LogP contribution is 2.28. The minimum atomic E-state index is -3.70. The molecule has 4 rings (SSSR count). The van der Waals surface area contributed by atoms with E-state index in [-0.39, 0.29) is 17.1 Å². The Hall–Kier alpha value is -2.11. The number of morpholine rings is 1. The molecule has 10 heteroatoms. The molecule has 1 saturated heterocycles. The van der Waals surface area contributed by atoms with Crippen LogP contribution >= 0.6 is 22.7 Å². The maximum atomic E-state index is 13.0. The zero-order chi connectivity index (χ0) is 21.1. The van der Waals surface area contributed by atoms with Crippen LogP contribution in [0.2, 0.25) is 0 Å². The van der Waals surface area contributed by atoms with Crippen molar-refractivity contribution in [1.29, 1.82) is 0 Å². The molecule has 2 aromatic heterocycles. The lowest BCUT2D eigenvalue weighted by Crippen LogP contribution is -2.40. The maximum Gasteiger partial charge on any atom is 0.338 e. The summed E-state index contributed by atoms with van der Waals surface area (Å²) in [5.41, 5.74) is 1.43. The van der Waals surface area contributed by atoms with E-state index >= 15 is 0 Å². The summed E-state index contributed by atoms with van der Waals surface area (Å²) in [5.74, 6) is -0.584. The number of nitrogens with zero attached hydrogens (tertiary/aromatic N) is 2. The van der Waals surface area contributed by atoms with E-state index in [0.717, 1.165) is 9.88 Å². The van der Waals surface area contributed by atoms with E-state index in [1.807, 2.05) is 22.9 Å². The zero-order valence-corrected chi connectivity index (χ0v) is 18.7. The van der Waals surface area contributed by atoms with Crippen LogP contribution in [-0.2, 0) is 26.1 Å². The fourth-order valence-electron chi connectivity index (χ4n) is 3.04. The number of aryl methyl sites for hydroxylation is 1. The lowest BCUT2D eigenvalue weighted by molar-refractivity contribution is 0.0468. The normalized spacial score (nSPS) is 15.2. The SMILES string of the molecule is Cc1ccc(C(=O)OCc2csc(-c3cccs3)n2)cc1S(=O)(=O)N1CCOCC1. The van der Waals surface area contributed by atoms with Crippen molar-refractivity contribution >= 4 is 38.7 Å². The van der Waals surface area contributed by atoms with Crippen molar-refractivity contribution in [3.05, 3.63) is 57.9 Å². The molecule has 3 heterocycles. The van der Waals surface area contributed by atoms with Crippen molar-refractivity contribution in [2.45, 2.75) is 18.4 Å². The van der Waals surface area contributed by atoms with Gasteiger partial charge in [-0.3, -0.25) is 0 Å². The Labute approximate surface area is 183 Å². The number of thiazole rings is 1. The molecule has 0 saturated carbocycles. The third kappa shape index (κ3) is 4.47. The van der Waals surface area contributed by atoms with Gasteiger partial charge in [-0.1, -0.05) is 12.1 Å². The standard InChI is InChI=1S/C20H20N2O5S3/c1-14-4-5-15(11-18(14)30(24,25)22-6-8-26-9-7-22)20(23)27-12-16-13-29-19(21-16)17-3-2-10-28-17/h2-5,10-11,13H,6-9,12H2,1H3. The number of thiophene rings is 1. The van der Waals surface area contributed by atoms with E-state index in [4.69, 9.17) is 9.47 Å². The van der Waals surface area contributed by atoms with Gasteiger partial charge in [0.05, 0.1) is 34.2 Å². The molecule has 0 unspecified atom stereocenters. The van der Waals surface area contributed by atoms with Crippen molar-refractivity contribution < 1.29 is 22.7 Å². The van der Waals surface area contributed by atoms with Gasteiger partial charge in [0, 0.05) is 18.5 Å². The maximum absolute atomic E-state index is 13.0. The predicted octanol–water partition coefficient (Wildman–Crippen LogP) is 3.56. The Morgan fingerprint density at radius 1 is 1.23 bits per heavy atom. The Balaban J connectivity index is 1.47. The lowest BCUT2D eigenvalue weighted by atomic mass is 10.1. The Bertz CT molecular complexity index is 1130. The number of hydrogen-bond acceptors (Lipinski definition) is 8. The molecule has 30 heavy (non-hydrogen) atoms. The minimum absolute atomic E-state index is 0.0279. The Kier molecular flexibility index (Phi) is 6.30. The molecule has 1 aliphatic heterocycles. The first-order valence-corrected chi connectivity index (χ1v) is 12.5. The van der Waals surface area contributed by atoms with Crippen molar-refractivity contribution in [3.8, 4) is 9.88 Å². The van der Waals surface area contributed by atoms with Gasteiger partial charge in [-0.25, -0.2) is 18.2 Å². The second-order valence-electron chi connectivity index (χ2n) is 6.69. The summed E-state index contributed by atoms with van der Waals surface area (Å²) in [5, 5.41) is 4.72. The van der Waals surface area contributed by atoms with E-state index in [9.17, 15) is 13.2 Å². The quantitative estimate of drug-likeness (QED) is 0.519. The Morgan fingerprint density at radius 2 is 2.03 bits per heavy atom. The molecule has 1 aliphatic rings. The average Bonchev–Trinajstić information content (AvgIpc) is 3.45. The van der Waals surface area contributed by atoms with Crippen molar-refractivity contribution in [3.63, 3.8) is 0 Å². The highest BCUT2D eigenvalue weighted by molar-refractivity contribution is 7.89. The molecule has 158 valence electrons. The number of rotatable bonds is 6. The molecule has 3 aromatic rings. The summed E-state index contributed by atoms with van der Waals surface area (Å²) in [4.78, 5) is 18.2. The summed E-state index contributed by atoms with van der Waals surface area (Å²) in [6, 6.07) is 8.54. The van der Waals surface area contributed by atoms with E-state index < -0.39 is 16.0 Å². The smallest absolute Gasteiger partial charge is 0.338 e. The summed E-state index contributed by atoms with van der Waals surface area (Å²) in [6.07, 6.45) is 0. The molecule has 1 aromatic carbocycles. The molecule has 1 fully saturated rings. The van der Waals surface area contributed by atoms with Gasteiger partial charge in [0.2, 0.25) is 10.0 Å². The van der Waals surface area contributed by atoms with E-state index in [0.29, 0.717) is 37.6 Å². The predicted molar refractivity (Wildman–Crippen MR) is 115 cm³/mol. The van der Waals surface area contributed by atoms with Crippen molar-refractivity contribution in [2.75, 3.05) is 26.3 Å². The van der Waals surface area contributed by atoms with Gasteiger partial charge in [0.1, 0.15) is 11.6 Å². The summed E-state index contributed by atoms with van der Waals surface area (Å²) in [7, 11) is -3.70. The molecule has 7 nitrogen and oxygen atoms in total. The second kappa shape index (κ2) is 8.94. The average molecular weight is 465 g/mol. The lowest BCUT2D eigenvalue weighted by Gasteiger charge is -2.26. The number of carbonyl (C=O) groups excluding carboxylic acids is 1. The van der Waals surface area contributed by atoms with Gasteiger partial charge < -0.3 is 9.47 Å². The number of ether oxygens (including phenoxy) is 2. The zero-order valence-electron chi connectivity index (χ0n) is 16.2. The molecule has 0 amide bonds. The van der Waals surface area contributed by atoms with Gasteiger partial charge in [0.15, 0.2) is 0 Å². The number of sulfonamides is 1. The topological polar surface area (TPSA) is 85.8 Å². The molecule has 0 spiro atoms. The molecule has 0 bridgehead atoms. The monoisotopic (exact) mass is 464 g/mol. The molecule has 0 N–H and O–H groups in total. The summed E-state index contributed by atoms with van der Waals surface area (Å²) >= 11 is 3.09. The Morgan fingerprint density at radius 3 is 2.77 bits per heavy atom. The first-order chi connectivity index (χ1) is 14.4. The fraction of sp³-hybridized carbons (Fsp3) is 0.300. The molecule has 0 atom stereocenters. The van der Waals surface area contributed by atoms with Crippen molar-refractivity contribution in [1.82, 2.24) is 9.29 Å². The fourth-order valence-corrected chi connectivity index (χ4v) is 6.32. The third-order valence-corrected chi connectivity index (χ3v) is 8.62. The van der Waals surface area contributed by atoms with Crippen LogP contribution in [0.1, 0.15) is 21.6 Å². The number of esters is 1. The van der Waals surface area contributed by atoms with Gasteiger partial charge in [-0.15, -0.1) is 22.7 Å². The molecular weight excluding hydrogens is 444 g/mol. The largest absolute Gasteiger partial charge is 0.456 e. The van der Waals surface area contributed by atoms with E-state index in [1.54, 1.807) is 30.4 Å². The highest BCUT2D eigenvalue weighted by Gasteiger charge is 2.28. The third-order valence-electron chi connectivity index (χ3n) is 4.65. The van der Waals surface area contributed by atoms with Crippen LogP contribution in [0.4, 0.5) is 0 Å². The number of aromatic nitrogens is 1. The highest BCUT2D eigenvalue weighted by atomic mass is 32.2. The first kappa shape index (κ1) is 21.1. The van der Waals surface area contributed by atoms with Gasteiger partial charge in [-0.2, -0.15) is 4.31 Å². The van der Waals surface area contributed by atoms with Gasteiger partial charge in [0.25, 0.3) is 0 Å². The molecule has 0 radical (unpaired) electrons. The van der Waals surface area contributed by atoms with Crippen LogP contribution in [0.3, 0.4) is 0 Å². The van der Waals surface area contributed by atoms with E-state index in [1.165, 1.54) is 21.7 Å². The van der Waals surface area contributed by atoms with Crippen LogP contribution in [0.25, 0.3) is 9.88 Å². The van der Waals surface area contributed by atoms with Crippen LogP contribution in [-0.4, -0.2) is 50.0 Å². The van der Waals surface area contributed by atoms with Crippen molar-refractivity contribution in [2.24, 2.45) is 0 Å². The van der Waals surface area contributed by atoms with E-state index in [2.05, 4.69) is 4.98 Å². The van der Waals surface area contributed by atoms with Crippen LogP contribution in [0, 0.1) is 6.92 Å². The number of hydrogen-bond donors (Lipinski definition) is 0. The van der Waals surface area contributed by atoms with Crippen LogP contribution in [0.5, 0.6) is 0 Å². The summed E-state index contributed by atoms with van der Waals surface area (Å²) in [6.45, 7) is 3.06. The molecular formula is C20H20N2O5S3. The van der Waals surface area contributed by atoms with Gasteiger partial charge in [-0.05, 0) is 36.1 Å². The summed E-state index contributed by atoms with van der Waals surface area (Å²) < 4.78 is 38.0. The van der Waals surface area contributed by atoms with Gasteiger partial charge >= 0.3 is 5.97 Å². The second-order valence-corrected chi connectivity index (χ2v) is 10.4.